The lowest BCUT2D eigenvalue weighted by Gasteiger charge is -2.12. The second-order valence-electron chi connectivity index (χ2n) is 7.35. The number of hydrazone groups is 1. The molecule has 0 bridgehead atoms. The standard InChI is InChI=1S/C26H27N3O7/c1-4-34-23-13-9-20(15-25(23)35-5-2)26(30)28-27-16-19-8-12-22(24(14-19)33-3)36-17-18-6-10-21(11-7-18)29(31)32/h6-16H,4-5,17H2,1-3H3,(H,28,30)/b27-16+. The predicted octanol–water partition coefficient (Wildman–Crippen LogP) is 4.74. The number of amides is 1. The van der Waals surface area contributed by atoms with E-state index in [1.807, 2.05) is 13.8 Å². The zero-order chi connectivity index (χ0) is 25.9. The van der Waals surface area contributed by atoms with Crippen molar-refractivity contribution in [3.63, 3.8) is 0 Å². The van der Waals surface area contributed by atoms with E-state index in [0.29, 0.717) is 47.3 Å². The zero-order valence-corrected chi connectivity index (χ0v) is 20.2. The van der Waals surface area contributed by atoms with Crippen LogP contribution in [-0.2, 0) is 6.61 Å². The maximum atomic E-state index is 12.5. The number of ether oxygens (including phenoxy) is 4. The molecule has 0 atom stereocenters. The first-order valence-corrected chi connectivity index (χ1v) is 11.2. The van der Waals surface area contributed by atoms with Crippen molar-refractivity contribution in [2.24, 2.45) is 5.10 Å². The Balaban J connectivity index is 1.62. The number of rotatable bonds is 12. The molecule has 10 heteroatoms. The molecular formula is C26H27N3O7. The summed E-state index contributed by atoms with van der Waals surface area (Å²) in [5, 5.41) is 14.8. The summed E-state index contributed by atoms with van der Waals surface area (Å²) in [6, 6.07) is 16.2. The van der Waals surface area contributed by atoms with Gasteiger partial charge in [0.15, 0.2) is 23.0 Å². The molecule has 10 nitrogen and oxygen atoms in total. The maximum absolute atomic E-state index is 12.5. The molecule has 188 valence electrons. The van der Waals surface area contributed by atoms with Crippen molar-refractivity contribution >= 4 is 17.8 Å². The van der Waals surface area contributed by atoms with E-state index in [1.165, 1.54) is 25.5 Å². The lowest BCUT2D eigenvalue weighted by Crippen LogP contribution is -2.17. The summed E-state index contributed by atoms with van der Waals surface area (Å²) >= 11 is 0. The van der Waals surface area contributed by atoms with Gasteiger partial charge in [0, 0.05) is 17.7 Å². The molecule has 0 unspecified atom stereocenters. The van der Waals surface area contributed by atoms with Crippen LogP contribution < -0.4 is 24.4 Å². The maximum Gasteiger partial charge on any atom is 0.271 e. The van der Waals surface area contributed by atoms with Crippen LogP contribution in [0.4, 0.5) is 5.69 Å². The summed E-state index contributed by atoms with van der Waals surface area (Å²) in [5.41, 5.74) is 4.35. The van der Waals surface area contributed by atoms with E-state index in [2.05, 4.69) is 10.5 Å². The Morgan fingerprint density at radius 2 is 1.58 bits per heavy atom. The van der Waals surface area contributed by atoms with Gasteiger partial charge in [-0.3, -0.25) is 14.9 Å². The van der Waals surface area contributed by atoms with Gasteiger partial charge in [0.1, 0.15) is 6.61 Å². The Morgan fingerprint density at radius 1 is 0.917 bits per heavy atom. The summed E-state index contributed by atoms with van der Waals surface area (Å²) in [5.74, 6) is 1.63. The third-order valence-corrected chi connectivity index (χ3v) is 4.91. The number of benzene rings is 3. The second-order valence-corrected chi connectivity index (χ2v) is 7.35. The second kappa shape index (κ2) is 12.7. The monoisotopic (exact) mass is 493 g/mol. The fraction of sp³-hybridized carbons (Fsp3) is 0.231. The van der Waals surface area contributed by atoms with Crippen LogP contribution in [0.3, 0.4) is 0 Å². The highest BCUT2D eigenvalue weighted by Crippen LogP contribution is 2.29. The van der Waals surface area contributed by atoms with Crippen LogP contribution in [0.2, 0.25) is 0 Å². The van der Waals surface area contributed by atoms with Crippen molar-refractivity contribution in [2.75, 3.05) is 20.3 Å². The van der Waals surface area contributed by atoms with Crippen LogP contribution in [-0.4, -0.2) is 37.4 Å². The highest BCUT2D eigenvalue weighted by molar-refractivity contribution is 5.95. The number of carbonyl (C=O) groups excluding carboxylic acids is 1. The number of hydrogen-bond acceptors (Lipinski definition) is 8. The number of nitro groups is 1. The number of hydrogen-bond donors (Lipinski definition) is 1. The molecule has 1 amide bonds. The molecule has 3 rings (SSSR count). The fourth-order valence-electron chi connectivity index (χ4n) is 3.18. The van der Waals surface area contributed by atoms with Gasteiger partial charge in [-0.25, -0.2) is 5.43 Å². The topological polar surface area (TPSA) is 122 Å². The highest BCUT2D eigenvalue weighted by atomic mass is 16.6. The number of non-ortho nitro benzene ring substituents is 1. The van der Waals surface area contributed by atoms with Crippen molar-refractivity contribution in [2.45, 2.75) is 20.5 Å². The number of methoxy groups -OCH3 is 1. The van der Waals surface area contributed by atoms with E-state index in [0.717, 1.165) is 5.56 Å². The van der Waals surface area contributed by atoms with Gasteiger partial charge in [0.2, 0.25) is 0 Å². The SMILES string of the molecule is CCOc1ccc(C(=O)N/N=C/c2ccc(OCc3ccc([N+](=O)[O-])cc3)c(OC)c2)cc1OCC. The number of nitrogens with zero attached hydrogens (tertiary/aromatic N) is 2. The molecule has 3 aromatic rings. The smallest absolute Gasteiger partial charge is 0.271 e. The molecule has 0 radical (unpaired) electrons. The van der Waals surface area contributed by atoms with Gasteiger partial charge in [-0.05, 0) is 73.5 Å². The average molecular weight is 494 g/mol. The van der Waals surface area contributed by atoms with Crippen molar-refractivity contribution in [3.8, 4) is 23.0 Å². The Labute approximate surface area is 208 Å². The average Bonchev–Trinajstić information content (AvgIpc) is 2.89. The minimum atomic E-state index is -0.452. The van der Waals surface area contributed by atoms with Gasteiger partial charge in [-0.1, -0.05) is 0 Å². The minimum absolute atomic E-state index is 0.0179. The number of carbonyl (C=O) groups is 1. The first-order chi connectivity index (χ1) is 17.4. The van der Waals surface area contributed by atoms with Gasteiger partial charge >= 0.3 is 0 Å². The summed E-state index contributed by atoms with van der Waals surface area (Å²) < 4.78 is 22.3. The summed E-state index contributed by atoms with van der Waals surface area (Å²) in [6.07, 6.45) is 1.48. The van der Waals surface area contributed by atoms with E-state index in [1.54, 1.807) is 48.5 Å². The van der Waals surface area contributed by atoms with Gasteiger partial charge in [0.05, 0.1) is 31.5 Å². The van der Waals surface area contributed by atoms with Gasteiger partial charge in [-0.15, -0.1) is 0 Å². The molecule has 0 fully saturated rings. The van der Waals surface area contributed by atoms with E-state index in [4.69, 9.17) is 18.9 Å². The zero-order valence-electron chi connectivity index (χ0n) is 20.2. The Bertz CT molecular complexity index is 1230. The molecule has 0 saturated carbocycles. The first-order valence-electron chi connectivity index (χ1n) is 11.2. The third-order valence-electron chi connectivity index (χ3n) is 4.91. The quantitative estimate of drug-likeness (QED) is 0.220. The largest absolute Gasteiger partial charge is 0.493 e. The Kier molecular flexibility index (Phi) is 9.21. The molecule has 3 aromatic carbocycles. The van der Waals surface area contributed by atoms with Crippen molar-refractivity contribution in [3.05, 3.63) is 87.5 Å². The van der Waals surface area contributed by atoms with Crippen LogP contribution in [0.5, 0.6) is 23.0 Å². The molecule has 0 spiro atoms. The highest BCUT2D eigenvalue weighted by Gasteiger charge is 2.12. The van der Waals surface area contributed by atoms with Gasteiger partial charge in [-0.2, -0.15) is 5.10 Å². The number of nitro benzene ring substituents is 1. The van der Waals surface area contributed by atoms with Crippen LogP contribution >= 0.6 is 0 Å². The molecule has 0 heterocycles. The first kappa shape index (κ1) is 26.0. The van der Waals surface area contributed by atoms with Gasteiger partial charge in [0.25, 0.3) is 11.6 Å². The molecule has 0 aliphatic heterocycles. The van der Waals surface area contributed by atoms with E-state index in [-0.39, 0.29) is 12.3 Å². The normalized spacial score (nSPS) is 10.6. The minimum Gasteiger partial charge on any atom is -0.493 e. The van der Waals surface area contributed by atoms with Crippen LogP contribution in [0.15, 0.2) is 65.8 Å². The lowest BCUT2D eigenvalue weighted by molar-refractivity contribution is -0.384. The number of nitrogens with one attached hydrogen (secondary N) is 1. The van der Waals surface area contributed by atoms with Crippen molar-refractivity contribution in [1.29, 1.82) is 0 Å². The van der Waals surface area contributed by atoms with Gasteiger partial charge < -0.3 is 18.9 Å². The molecule has 0 saturated heterocycles. The Hall–Kier alpha value is -4.60. The van der Waals surface area contributed by atoms with Crippen LogP contribution in [0.25, 0.3) is 0 Å². The summed E-state index contributed by atoms with van der Waals surface area (Å²) in [7, 11) is 1.51. The molecular weight excluding hydrogens is 466 g/mol. The van der Waals surface area contributed by atoms with E-state index >= 15 is 0 Å². The van der Waals surface area contributed by atoms with E-state index < -0.39 is 10.8 Å². The molecule has 0 aromatic heterocycles. The van der Waals surface area contributed by atoms with Crippen molar-refractivity contribution in [1.82, 2.24) is 5.43 Å². The lowest BCUT2D eigenvalue weighted by atomic mass is 10.2. The Morgan fingerprint density at radius 3 is 2.25 bits per heavy atom. The van der Waals surface area contributed by atoms with Crippen molar-refractivity contribution < 1.29 is 28.7 Å². The van der Waals surface area contributed by atoms with Crippen LogP contribution in [0, 0.1) is 10.1 Å². The van der Waals surface area contributed by atoms with E-state index in [9.17, 15) is 14.9 Å². The third kappa shape index (κ3) is 6.95. The molecule has 0 aliphatic carbocycles. The predicted molar refractivity (Wildman–Crippen MR) is 134 cm³/mol. The molecule has 1 N–H and O–H groups in total. The fourth-order valence-corrected chi connectivity index (χ4v) is 3.18. The molecule has 0 aliphatic rings. The summed E-state index contributed by atoms with van der Waals surface area (Å²) in [4.78, 5) is 22.8. The molecule has 36 heavy (non-hydrogen) atoms. The van der Waals surface area contributed by atoms with Crippen LogP contribution in [0.1, 0.15) is 35.3 Å². The summed E-state index contributed by atoms with van der Waals surface area (Å²) in [6.45, 7) is 4.87.